The van der Waals surface area contributed by atoms with E-state index in [0.717, 1.165) is 6.07 Å². The van der Waals surface area contributed by atoms with Gasteiger partial charge in [0.15, 0.2) is 0 Å². The molecular weight excluding hydrogens is 397 g/mol. The molecule has 2 aliphatic rings. The van der Waals surface area contributed by atoms with Crippen LogP contribution in [0.25, 0.3) is 0 Å². The number of anilines is 2. The number of piperazine rings is 1. The lowest BCUT2D eigenvalue weighted by Crippen LogP contribution is -2.53. The summed E-state index contributed by atoms with van der Waals surface area (Å²) < 4.78 is 40.1. The second kappa shape index (κ2) is 8.45. The Bertz CT molecular complexity index is 870. The van der Waals surface area contributed by atoms with Crippen molar-refractivity contribution in [1.82, 2.24) is 19.9 Å². The van der Waals surface area contributed by atoms with Gasteiger partial charge in [-0.25, -0.2) is 15.0 Å². The van der Waals surface area contributed by atoms with Gasteiger partial charge in [0, 0.05) is 57.9 Å². The minimum Gasteiger partial charge on any atom is -0.355 e. The van der Waals surface area contributed by atoms with Crippen molar-refractivity contribution in [3.8, 4) is 0 Å². The molecule has 0 radical (unpaired) electrons. The summed E-state index contributed by atoms with van der Waals surface area (Å²) in [4.78, 5) is 31.0. The van der Waals surface area contributed by atoms with Gasteiger partial charge in [-0.1, -0.05) is 0 Å². The van der Waals surface area contributed by atoms with Gasteiger partial charge >= 0.3 is 6.18 Å². The van der Waals surface area contributed by atoms with Crippen molar-refractivity contribution in [3.05, 3.63) is 42.4 Å². The lowest BCUT2D eigenvalue weighted by atomic mass is 9.95. The van der Waals surface area contributed by atoms with Crippen LogP contribution >= 0.6 is 0 Å². The van der Waals surface area contributed by atoms with Crippen LogP contribution in [0.4, 0.5) is 24.9 Å². The molecule has 0 aromatic carbocycles. The van der Waals surface area contributed by atoms with E-state index in [-0.39, 0.29) is 24.2 Å². The van der Waals surface area contributed by atoms with Gasteiger partial charge in [-0.2, -0.15) is 13.2 Å². The smallest absolute Gasteiger partial charge is 0.355 e. The molecule has 7 nitrogen and oxygen atoms in total. The van der Waals surface area contributed by atoms with Crippen LogP contribution in [0.2, 0.25) is 0 Å². The molecule has 0 saturated carbocycles. The molecule has 1 unspecified atom stereocenters. The molecule has 1 amide bonds. The highest BCUT2D eigenvalue weighted by Crippen LogP contribution is 2.36. The van der Waals surface area contributed by atoms with Crippen molar-refractivity contribution in [2.24, 2.45) is 5.92 Å². The van der Waals surface area contributed by atoms with E-state index >= 15 is 0 Å². The van der Waals surface area contributed by atoms with Gasteiger partial charge in [0.1, 0.15) is 5.82 Å². The second-order valence-electron chi connectivity index (χ2n) is 7.52. The molecule has 4 heterocycles. The van der Waals surface area contributed by atoms with E-state index < -0.39 is 11.7 Å². The van der Waals surface area contributed by atoms with Gasteiger partial charge in [0.25, 0.3) is 0 Å². The molecule has 0 bridgehead atoms. The first-order valence-electron chi connectivity index (χ1n) is 10.0. The number of halogens is 3. The molecule has 2 saturated heterocycles. The third-order valence-electron chi connectivity index (χ3n) is 5.59. The molecule has 0 spiro atoms. The number of rotatable bonds is 3. The van der Waals surface area contributed by atoms with Gasteiger partial charge in [0.05, 0.1) is 11.5 Å². The van der Waals surface area contributed by atoms with Gasteiger partial charge < -0.3 is 14.7 Å². The molecule has 2 fully saturated rings. The van der Waals surface area contributed by atoms with Crippen LogP contribution in [0, 0.1) is 5.92 Å². The average Bonchev–Trinajstić information content (AvgIpc) is 2.79. The molecule has 2 aliphatic heterocycles. The Hall–Kier alpha value is -2.91. The van der Waals surface area contributed by atoms with Crippen molar-refractivity contribution in [2.45, 2.75) is 19.0 Å². The van der Waals surface area contributed by atoms with E-state index in [1.54, 1.807) is 28.3 Å². The summed E-state index contributed by atoms with van der Waals surface area (Å²) in [6.45, 7) is 3.06. The molecule has 1 atom stereocenters. The summed E-state index contributed by atoms with van der Waals surface area (Å²) in [5.41, 5.74) is -0.755. The maximum atomic E-state index is 13.4. The van der Waals surface area contributed by atoms with Gasteiger partial charge in [-0.05, 0) is 31.0 Å². The molecule has 2 aromatic heterocycles. The number of carbonyl (C=O) groups is 1. The lowest BCUT2D eigenvalue weighted by molar-refractivity contribution is -0.137. The van der Waals surface area contributed by atoms with Crippen molar-refractivity contribution in [2.75, 3.05) is 49.1 Å². The fraction of sp³-hybridized carbons (Fsp3) is 0.500. The first-order valence-corrected chi connectivity index (χ1v) is 10.0. The predicted octanol–water partition coefficient (Wildman–Crippen LogP) is 2.46. The normalized spacial score (nSPS) is 20.4. The Balaban J connectivity index is 1.40. The number of hydrogen-bond acceptors (Lipinski definition) is 6. The number of aromatic nitrogens is 3. The minimum absolute atomic E-state index is 0.00202. The zero-order valence-corrected chi connectivity index (χ0v) is 16.4. The molecule has 0 N–H and O–H groups in total. The number of piperidine rings is 1. The van der Waals surface area contributed by atoms with E-state index in [1.807, 2.05) is 4.90 Å². The van der Waals surface area contributed by atoms with Crippen molar-refractivity contribution in [1.29, 1.82) is 0 Å². The summed E-state index contributed by atoms with van der Waals surface area (Å²) >= 11 is 0. The predicted molar refractivity (Wildman–Crippen MR) is 105 cm³/mol. The van der Waals surface area contributed by atoms with Crippen molar-refractivity contribution < 1.29 is 18.0 Å². The molecule has 10 heteroatoms. The summed E-state index contributed by atoms with van der Waals surface area (Å²) in [7, 11) is 0. The molecule has 2 aromatic rings. The summed E-state index contributed by atoms with van der Waals surface area (Å²) in [6.07, 6.45) is 1.58. The average molecular weight is 420 g/mol. The van der Waals surface area contributed by atoms with E-state index in [4.69, 9.17) is 0 Å². The maximum absolute atomic E-state index is 13.4. The van der Waals surface area contributed by atoms with Crippen molar-refractivity contribution in [3.63, 3.8) is 0 Å². The maximum Gasteiger partial charge on any atom is 0.419 e. The summed E-state index contributed by atoms with van der Waals surface area (Å²) in [5.74, 6) is 0.219. The Labute approximate surface area is 172 Å². The largest absolute Gasteiger partial charge is 0.419 e. The van der Waals surface area contributed by atoms with Crippen LogP contribution < -0.4 is 9.80 Å². The molecule has 4 rings (SSSR count). The zero-order chi connectivity index (χ0) is 21.1. The number of carbonyl (C=O) groups excluding carboxylic acids is 1. The topological polar surface area (TPSA) is 65.5 Å². The van der Waals surface area contributed by atoms with Gasteiger partial charge in [-0.3, -0.25) is 4.79 Å². The Kier molecular flexibility index (Phi) is 5.74. The lowest BCUT2D eigenvalue weighted by Gasteiger charge is -2.39. The monoisotopic (exact) mass is 420 g/mol. The molecular formula is C20H23F3N6O. The first-order chi connectivity index (χ1) is 14.4. The highest BCUT2D eigenvalue weighted by molar-refractivity contribution is 5.80. The Morgan fingerprint density at radius 1 is 0.933 bits per heavy atom. The van der Waals surface area contributed by atoms with E-state index in [9.17, 15) is 18.0 Å². The Morgan fingerprint density at radius 3 is 2.33 bits per heavy atom. The third kappa shape index (κ3) is 4.31. The fourth-order valence-corrected chi connectivity index (χ4v) is 4.08. The molecule has 0 aliphatic carbocycles. The number of amides is 1. The van der Waals surface area contributed by atoms with Crippen LogP contribution in [0.3, 0.4) is 0 Å². The highest BCUT2D eigenvalue weighted by Gasteiger charge is 2.38. The standard InChI is InChI=1S/C20H23F3N6O/c21-20(22,23)16-5-1-6-24-17(16)29-9-2-4-15(14-29)18(30)27-10-12-28(13-11-27)19-25-7-3-8-26-19/h1,3,5-8,15H,2,4,9-14H2. The summed E-state index contributed by atoms with van der Waals surface area (Å²) in [5, 5.41) is 0. The van der Waals surface area contributed by atoms with Crippen LogP contribution in [0.5, 0.6) is 0 Å². The van der Waals surface area contributed by atoms with E-state index in [1.165, 1.54) is 12.3 Å². The molecule has 160 valence electrons. The minimum atomic E-state index is -4.48. The van der Waals surface area contributed by atoms with Crippen LogP contribution in [-0.4, -0.2) is 65.0 Å². The third-order valence-corrected chi connectivity index (χ3v) is 5.59. The second-order valence-corrected chi connectivity index (χ2v) is 7.52. The number of nitrogens with zero attached hydrogens (tertiary/aromatic N) is 6. The van der Waals surface area contributed by atoms with Crippen LogP contribution in [0.15, 0.2) is 36.8 Å². The van der Waals surface area contributed by atoms with Crippen LogP contribution in [0.1, 0.15) is 18.4 Å². The quantitative estimate of drug-likeness (QED) is 0.760. The number of alkyl halides is 3. The van der Waals surface area contributed by atoms with E-state index in [0.29, 0.717) is 51.5 Å². The number of hydrogen-bond donors (Lipinski definition) is 0. The molecule has 30 heavy (non-hydrogen) atoms. The fourth-order valence-electron chi connectivity index (χ4n) is 4.08. The van der Waals surface area contributed by atoms with Crippen LogP contribution in [-0.2, 0) is 11.0 Å². The van der Waals surface area contributed by atoms with Gasteiger partial charge in [0.2, 0.25) is 11.9 Å². The van der Waals surface area contributed by atoms with Crippen molar-refractivity contribution >= 4 is 17.7 Å². The zero-order valence-electron chi connectivity index (χ0n) is 16.4. The summed E-state index contributed by atoms with van der Waals surface area (Å²) in [6, 6.07) is 4.08. The highest BCUT2D eigenvalue weighted by atomic mass is 19.4. The first kappa shape index (κ1) is 20.4. The van der Waals surface area contributed by atoms with E-state index in [2.05, 4.69) is 15.0 Å². The number of pyridine rings is 1. The Morgan fingerprint density at radius 2 is 1.63 bits per heavy atom. The van der Waals surface area contributed by atoms with Gasteiger partial charge in [-0.15, -0.1) is 0 Å². The SMILES string of the molecule is O=C(C1CCCN(c2ncccc2C(F)(F)F)C1)N1CCN(c2ncccn2)CC1.